The molecule has 1 aliphatic heterocycles. The van der Waals surface area contributed by atoms with E-state index in [0.29, 0.717) is 22.1 Å². The number of pyridine rings is 1. The fourth-order valence-electron chi connectivity index (χ4n) is 2.32. The van der Waals surface area contributed by atoms with E-state index in [1.807, 2.05) is 4.90 Å². The third kappa shape index (κ3) is 2.63. The van der Waals surface area contributed by atoms with Gasteiger partial charge in [0.2, 0.25) is 5.82 Å². The summed E-state index contributed by atoms with van der Waals surface area (Å²) in [4.78, 5) is 16.9. The van der Waals surface area contributed by atoms with E-state index in [0.717, 1.165) is 19.5 Å². The van der Waals surface area contributed by atoms with Gasteiger partial charge in [-0.15, -0.1) is 0 Å². The molecule has 18 heavy (non-hydrogen) atoms. The summed E-state index contributed by atoms with van der Waals surface area (Å²) in [6.45, 7) is 6.08. The van der Waals surface area contributed by atoms with Crippen LogP contribution in [-0.4, -0.2) is 23.0 Å². The smallest absolute Gasteiger partial charge is 0.312 e. The largest absolute Gasteiger partial charge is 0.351 e. The fourth-order valence-corrected chi connectivity index (χ4v) is 2.64. The van der Waals surface area contributed by atoms with Gasteiger partial charge in [-0.2, -0.15) is 0 Å². The minimum Gasteiger partial charge on any atom is -0.351 e. The van der Waals surface area contributed by atoms with Crippen molar-refractivity contribution in [3.63, 3.8) is 0 Å². The second-order valence-corrected chi connectivity index (χ2v) is 5.91. The van der Waals surface area contributed by atoms with Crippen molar-refractivity contribution >= 4 is 27.4 Å². The highest BCUT2D eigenvalue weighted by atomic mass is 79.9. The molecule has 0 saturated carbocycles. The first kappa shape index (κ1) is 13.3. The Morgan fingerprint density at radius 3 is 2.89 bits per heavy atom. The van der Waals surface area contributed by atoms with Crippen LogP contribution in [0.5, 0.6) is 0 Å². The molecule has 1 unspecified atom stereocenters. The topological polar surface area (TPSA) is 59.3 Å². The van der Waals surface area contributed by atoms with Gasteiger partial charge in [0.1, 0.15) is 0 Å². The van der Waals surface area contributed by atoms with E-state index in [2.05, 4.69) is 34.8 Å². The summed E-state index contributed by atoms with van der Waals surface area (Å²) in [7, 11) is 0. The van der Waals surface area contributed by atoms with Crippen molar-refractivity contribution in [3.05, 3.63) is 26.9 Å². The Morgan fingerprint density at radius 1 is 1.61 bits per heavy atom. The number of aromatic nitrogens is 1. The third-order valence-corrected chi connectivity index (χ3v) is 3.91. The van der Waals surface area contributed by atoms with Gasteiger partial charge in [-0.3, -0.25) is 10.1 Å². The lowest BCUT2D eigenvalue weighted by molar-refractivity contribution is -0.384. The van der Waals surface area contributed by atoms with Crippen molar-refractivity contribution in [1.82, 2.24) is 4.98 Å². The van der Waals surface area contributed by atoms with E-state index in [1.54, 1.807) is 6.20 Å². The molecule has 0 N–H and O–H groups in total. The molecule has 2 heterocycles. The molecule has 1 aliphatic rings. The highest BCUT2D eigenvalue weighted by molar-refractivity contribution is 9.10. The highest BCUT2D eigenvalue weighted by Crippen LogP contribution is 2.33. The van der Waals surface area contributed by atoms with Crippen molar-refractivity contribution in [3.8, 4) is 0 Å². The average Bonchev–Trinajstić information content (AvgIpc) is 2.78. The summed E-state index contributed by atoms with van der Waals surface area (Å²) in [5.74, 6) is 1.69. The molecule has 2 rings (SSSR count). The van der Waals surface area contributed by atoms with Crippen LogP contribution < -0.4 is 4.90 Å². The molecular weight excluding hydrogens is 298 g/mol. The quantitative estimate of drug-likeness (QED) is 0.635. The van der Waals surface area contributed by atoms with E-state index in [4.69, 9.17) is 0 Å². The standard InChI is InChI=1S/C12H16BrN3O2/c1-8(2)9-3-4-15(7-9)12-11(16(17)18)5-10(13)6-14-12/h5-6,8-9H,3-4,7H2,1-2H3. The molecule has 1 atom stereocenters. The summed E-state index contributed by atoms with van der Waals surface area (Å²) >= 11 is 3.22. The van der Waals surface area contributed by atoms with E-state index in [1.165, 1.54) is 6.07 Å². The maximum absolute atomic E-state index is 11.1. The highest BCUT2D eigenvalue weighted by Gasteiger charge is 2.30. The van der Waals surface area contributed by atoms with Crippen LogP contribution in [-0.2, 0) is 0 Å². The van der Waals surface area contributed by atoms with Gasteiger partial charge in [-0.1, -0.05) is 13.8 Å². The van der Waals surface area contributed by atoms with Crippen molar-refractivity contribution in [1.29, 1.82) is 0 Å². The Labute approximate surface area is 114 Å². The molecular formula is C12H16BrN3O2. The zero-order valence-electron chi connectivity index (χ0n) is 10.5. The zero-order chi connectivity index (χ0) is 13.3. The Kier molecular flexibility index (Phi) is 3.85. The van der Waals surface area contributed by atoms with Crippen LogP contribution in [0, 0.1) is 22.0 Å². The SMILES string of the molecule is CC(C)C1CCN(c2ncc(Br)cc2[N+](=O)[O-])C1. The van der Waals surface area contributed by atoms with Crippen LogP contribution in [0.2, 0.25) is 0 Å². The number of nitro groups is 1. The summed E-state index contributed by atoms with van der Waals surface area (Å²) in [6.07, 6.45) is 2.69. The number of hydrogen-bond acceptors (Lipinski definition) is 4. The van der Waals surface area contributed by atoms with Crippen LogP contribution in [0.3, 0.4) is 0 Å². The second-order valence-electron chi connectivity index (χ2n) is 4.99. The molecule has 1 aromatic heterocycles. The lowest BCUT2D eigenvalue weighted by Gasteiger charge is -2.18. The molecule has 0 amide bonds. The van der Waals surface area contributed by atoms with Gasteiger partial charge in [0.15, 0.2) is 0 Å². The molecule has 5 nitrogen and oxygen atoms in total. The second kappa shape index (κ2) is 5.22. The molecule has 98 valence electrons. The lowest BCUT2D eigenvalue weighted by atomic mass is 9.95. The average molecular weight is 314 g/mol. The molecule has 0 radical (unpaired) electrons. The minimum absolute atomic E-state index is 0.0776. The Morgan fingerprint density at radius 2 is 2.33 bits per heavy atom. The van der Waals surface area contributed by atoms with Gasteiger partial charge >= 0.3 is 5.69 Å². The fraction of sp³-hybridized carbons (Fsp3) is 0.583. The van der Waals surface area contributed by atoms with Gasteiger partial charge in [0, 0.05) is 29.8 Å². The van der Waals surface area contributed by atoms with Crippen LogP contribution in [0.25, 0.3) is 0 Å². The van der Waals surface area contributed by atoms with Gasteiger partial charge in [0.25, 0.3) is 0 Å². The number of rotatable bonds is 3. The van der Waals surface area contributed by atoms with Crippen LogP contribution in [0.4, 0.5) is 11.5 Å². The molecule has 1 fully saturated rings. The molecule has 0 spiro atoms. The van der Waals surface area contributed by atoms with Gasteiger partial charge in [-0.05, 0) is 34.2 Å². The number of hydrogen-bond donors (Lipinski definition) is 0. The maximum Gasteiger partial charge on any atom is 0.312 e. The van der Waals surface area contributed by atoms with Crippen LogP contribution >= 0.6 is 15.9 Å². The van der Waals surface area contributed by atoms with Crippen molar-refractivity contribution < 1.29 is 4.92 Å². The molecule has 6 heteroatoms. The van der Waals surface area contributed by atoms with Gasteiger partial charge in [0.05, 0.1) is 4.92 Å². The minimum atomic E-state index is -0.365. The summed E-state index contributed by atoms with van der Waals surface area (Å²) in [5, 5.41) is 11.1. The molecule has 1 aromatic rings. The third-order valence-electron chi connectivity index (χ3n) is 3.48. The van der Waals surface area contributed by atoms with Crippen LogP contribution in [0.15, 0.2) is 16.7 Å². The predicted octanol–water partition coefficient (Wildman–Crippen LogP) is 3.23. The van der Waals surface area contributed by atoms with Crippen molar-refractivity contribution in [2.75, 3.05) is 18.0 Å². The van der Waals surface area contributed by atoms with Gasteiger partial charge in [-0.25, -0.2) is 4.98 Å². The maximum atomic E-state index is 11.1. The molecule has 1 saturated heterocycles. The van der Waals surface area contributed by atoms with Crippen molar-refractivity contribution in [2.45, 2.75) is 20.3 Å². The Balaban J connectivity index is 2.27. The molecule has 0 aromatic carbocycles. The number of nitrogens with zero attached hydrogens (tertiary/aromatic N) is 3. The first-order valence-electron chi connectivity index (χ1n) is 6.04. The monoisotopic (exact) mass is 313 g/mol. The Hall–Kier alpha value is -1.17. The zero-order valence-corrected chi connectivity index (χ0v) is 12.1. The van der Waals surface area contributed by atoms with E-state index in [-0.39, 0.29) is 10.6 Å². The summed E-state index contributed by atoms with van der Waals surface area (Å²) in [5.41, 5.74) is 0.0776. The van der Waals surface area contributed by atoms with Crippen LogP contribution in [0.1, 0.15) is 20.3 Å². The summed E-state index contributed by atoms with van der Waals surface area (Å²) in [6, 6.07) is 1.52. The Bertz CT molecular complexity index is 465. The lowest BCUT2D eigenvalue weighted by Crippen LogP contribution is -2.23. The first-order valence-corrected chi connectivity index (χ1v) is 6.83. The van der Waals surface area contributed by atoms with Crippen molar-refractivity contribution in [2.24, 2.45) is 11.8 Å². The summed E-state index contributed by atoms with van der Waals surface area (Å²) < 4.78 is 0.637. The van der Waals surface area contributed by atoms with E-state index in [9.17, 15) is 10.1 Å². The number of anilines is 1. The van der Waals surface area contributed by atoms with E-state index < -0.39 is 0 Å². The molecule has 0 bridgehead atoms. The van der Waals surface area contributed by atoms with Gasteiger partial charge < -0.3 is 4.90 Å². The molecule has 0 aliphatic carbocycles. The first-order chi connectivity index (χ1) is 8.49. The normalized spacial score (nSPS) is 19.6. The number of halogens is 1. The van der Waals surface area contributed by atoms with E-state index >= 15 is 0 Å². The predicted molar refractivity (Wildman–Crippen MR) is 73.7 cm³/mol.